The van der Waals surface area contributed by atoms with E-state index in [9.17, 15) is 13.9 Å². The normalized spacial score (nSPS) is 29.2. The zero-order valence-corrected chi connectivity index (χ0v) is 18.2. The molecule has 6 rings (SSSR count). The van der Waals surface area contributed by atoms with E-state index in [1.807, 2.05) is 0 Å². The van der Waals surface area contributed by atoms with Crippen molar-refractivity contribution < 1.29 is 23.4 Å². The highest BCUT2D eigenvalue weighted by Gasteiger charge is 2.55. The molecule has 3 aliphatic rings. The lowest BCUT2D eigenvalue weighted by Crippen LogP contribution is -2.35. The first kappa shape index (κ1) is 20.3. The molecule has 2 saturated carbocycles. The van der Waals surface area contributed by atoms with Gasteiger partial charge in [-0.1, -0.05) is 0 Å². The number of nitrogen functional groups attached to an aromatic ring is 1. The van der Waals surface area contributed by atoms with Crippen molar-refractivity contribution in [2.75, 3.05) is 5.73 Å². The molecule has 3 N–H and O–H groups in total. The van der Waals surface area contributed by atoms with Gasteiger partial charge in [-0.25, -0.2) is 13.5 Å². The zero-order chi connectivity index (χ0) is 22.5. The molecule has 0 amide bonds. The summed E-state index contributed by atoms with van der Waals surface area (Å²) in [6.07, 6.45) is 0.349. The fourth-order valence-corrected chi connectivity index (χ4v) is 5.29. The molecule has 32 heavy (non-hydrogen) atoms. The molecule has 3 heterocycles. The molecule has 1 aliphatic heterocycles. The largest absolute Gasteiger partial charge is 0.390 e. The van der Waals surface area contributed by atoms with E-state index in [2.05, 4.69) is 9.97 Å². The van der Waals surface area contributed by atoms with Gasteiger partial charge >= 0.3 is 0 Å². The highest BCUT2D eigenvalue weighted by atomic mass is 35.5. The van der Waals surface area contributed by atoms with E-state index >= 15 is 0 Å². The molecule has 11 heteroatoms. The third-order valence-electron chi connectivity index (χ3n) is 6.54. The van der Waals surface area contributed by atoms with Gasteiger partial charge in [-0.2, -0.15) is 9.97 Å². The molecule has 2 aliphatic carbocycles. The maximum Gasteiger partial charge on any atom is 0.226 e. The van der Waals surface area contributed by atoms with Crippen LogP contribution in [0.2, 0.25) is 5.28 Å². The lowest BCUT2D eigenvalue weighted by Gasteiger charge is -2.34. The number of aromatic nitrogens is 4. The Balaban J connectivity index is 1.58. The molecule has 1 saturated heterocycles. The molecule has 0 bridgehead atoms. The summed E-state index contributed by atoms with van der Waals surface area (Å²) in [5.41, 5.74) is 8.23. The number of aliphatic hydroxyl groups excluding tert-OH is 1. The predicted octanol–water partition coefficient (Wildman–Crippen LogP) is 3.44. The van der Waals surface area contributed by atoms with Crippen LogP contribution in [0, 0.1) is 11.6 Å². The third kappa shape index (κ3) is 2.89. The molecule has 0 radical (unpaired) electrons. The van der Waals surface area contributed by atoms with Gasteiger partial charge in [0.2, 0.25) is 5.28 Å². The molecule has 3 aromatic rings. The Morgan fingerprint density at radius 2 is 1.84 bits per heavy atom. The first-order valence-electron chi connectivity index (χ1n) is 10.6. The monoisotopic (exact) mass is 465 g/mol. The third-order valence-corrected chi connectivity index (χ3v) is 6.71. The quantitative estimate of drug-likeness (QED) is 0.575. The van der Waals surface area contributed by atoms with E-state index in [1.165, 1.54) is 12.1 Å². The summed E-state index contributed by atoms with van der Waals surface area (Å²) in [6.45, 7) is 3.57. The number of halogens is 3. The van der Waals surface area contributed by atoms with Crippen molar-refractivity contribution in [1.82, 2.24) is 19.3 Å². The minimum atomic E-state index is -0.961. The van der Waals surface area contributed by atoms with Crippen molar-refractivity contribution in [1.29, 1.82) is 0 Å². The summed E-state index contributed by atoms with van der Waals surface area (Å²) in [6, 6.07) is 2.02. The van der Waals surface area contributed by atoms with E-state index in [0.29, 0.717) is 28.8 Å². The van der Waals surface area contributed by atoms with Gasteiger partial charge in [-0.05, 0) is 55.8 Å². The van der Waals surface area contributed by atoms with Crippen molar-refractivity contribution in [2.45, 2.75) is 69.2 Å². The number of benzene rings is 1. The van der Waals surface area contributed by atoms with Crippen LogP contribution in [0.4, 0.5) is 14.6 Å². The van der Waals surface area contributed by atoms with E-state index < -0.39 is 41.8 Å². The Morgan fingerprint density at radius 1 is 1.16 bits per heavy atom. The summed E-state index contributed by atoms with van der Waals surface area (Å²) >= 11 is 6.08. The molecule has 3 fully saturated rings. The summed E-state index contributed by atoms with van der Waals surface area (Å²) in [7, 11) is 0. The molecular weight excluding hydrogens is 444 g/mol. The Kier molecular flexibility index (Phi) is 4.21. The van der Waals surface area contributed by atoms with Crippen LogP contribution in [0.5, 0.6) is 0 Å². The predicted molar refractivity (Wildman–Crippen MR) is 112 cm³/mol. The standard InChI is InChI=1S/C21H22ClF2N5O3/c1-21(2)31-16-13(7-14(30)17(16)32-21)29-19-15(18(25)26-20(22)27-19)28(29)12-6-11(24)10(23)5-9(12)8-3-4-8/h5-6,8,13-14,16-17,30H,3-4,7H2,1-2H3,(H2,25,26,27). The highest BCUT2D eigenvalue weighted by Crippen LogP contribution is 2.48. The van der Waals surface area contributed by atoms with Gasteiger partial charge in [-0.15, -0.1) is 0 Å². The van der Waals surface area contributed by atoms with Gasteiger partial charge < -0.3 is 20.3 Å². The number of hydrogen-bond donors (Lipinski definition) is 2. The average Bonchev–Trinajstić information content (AvgIpc) is 3.42. The molecule has 4 unspecified atom stereocenters. The number of rotatable bonds is 3. The lowest BCUT2D eigenvalue weighted by molar-refractivity contribution is -0.166. The topological polar surface area (TPSA) is 100 Å². The summed E-state index contributed by atoms with van der Waals surface area (Å²) in [5, 5.41) is 10.6. The maximum absolute atomic E-state index is 14.4. The van der Waals surface area contributed by atoms with Crippen molar-refractivity contribution in [2.24, 2.45) is 0 Å². The molecule has 2 aromatic heterocycles. The van der Waals surface area contributed by atoms with Crippen molar-refractivity contribution >= 4 is 28.6 Å². The van der Waals surface area contributed by atoms with Crippen molar-refractivity contribution in [3.8, 4) is 5.69 Å². The van der Waals surface area contributed by atoms with Gasteiger partial charge in [0.1, 0.15) is 17.7 Å². The van der Waals surface area contributed by atoms with Gasteiger partial charge in [0.15, 0.2) is 28.9 Å². The summed E-state index contributed by atoms with van der Waals surface area (Å²) in [5.74, 6) is -2.46. The maximum atomic E-state index is 14.4. The van der Waals surface area contributed by atoms with Crippen molar-refractivity contribution in [3.63, 3.8) is 0 Å². The van der Waals surface area contributed by atoms with Crippen LogP contribution < -0.4 is 5.73 Å². The Hall–Kier alpha value is -2.27. The second-order valence-electron chi connectivity index (χ2n) is 9.24. The first-order chi connectivity index (χ1) is 15.1. The number of nitrogens with zero attached hydrogens (tertiary/aromatic N) is 4. The van der Waals surface area contributed by atoms with Crippen molar-refractivity contribution in [3.05, 3.63) is 34.6 Å². The molecular formula is C21H22ClF2N5O3. The molecule has 4 atom stereocenters. The molecule has 0 spiro atoms. The Bertz CT molecular complexity index is 1250. The Labute approximate surface area is 186 Å². The second-order valence-corrected chi connectivity index (χ2v) is 9.58. The van der Waals surface area contributed by atoms with E-state index in [0.717, 1.165) is 12.8 Å². The molecule has 1 aromatic carbocycles. The SMILES string of the molecule is CC1(C)OC2C(O)CC(n3c4nc(Cl)nc(N)c4n3-c3cc(F)c(F)cc3C3CC3)C2O1. The highest BCUT2D eigenvalue weighted by molar-refractivity contribution is 6.28. The van der Waals surface area contributed by atoms with Gasteiger partial charge in [0, 0.05) is 12.5 Å². The smallest absolute Gasteiger partial charge is 0.226 e. The van der Waals surface area contributed by atoms with E-state index in [4.69, 9.17) is 26.8 Å². The fraction of sp³-hybridized carbons (Fsp3) is 0.524. The Morgan fingerprint density at radius 3 is 2.56 bits per heavy atom. The molecule has 170 valence electrons. The molecule has 8 nitrogen and oxygen atoms in total. The van der Waals surface area contributed by atoms with Gasteiger partial charge in [-0.3, -0.25) is 4.68 Å². The van der Waals surface area contributed by atoms with Crippen LogP contribution in [0.15, 0.2) is 12.1 Å². The van der Waals surface area contributed by atoms with E-state index in [-0.39, 0.29) is 17.0 Å². The second kappa shape index (κ2) is 6.63. The lowest BCUT2D eigenvalue weighted by atomic mass is 10.1. The zero-order valence-electron chi connectivity index (χ0n) is 17.4. The minimum Gasteiger partial charge on any atom is -0.390 e. The number of anilines is 1. The average molecular weight is 466 g/mol. The van der Waals surface area contributed by atoms with Crippen LogP contribution in [0.3, 0.4) is 0 Å². The number of nitrogens with two attached hydrogens (primary N) is 1. The first-order valence-corrected chi connectivity index (χ1v) is 11.0. The van der Waals surface area contributed by atoms with Crippen LogP contribution >= 0.6 is 11.6 Å². The van der Waals surface area contributed by atoms with Crippen LogP contribution in [-0.4, -0.2) is 48.5 Å². The van der Waals surface area contributed by atoms with Crippen LogP contribution in [0.25, 0.3) is 16.9 Å². The van der Waals surface area contributed by atoms with Crippen LogP contribution in [-0.2, 0) is 9.47 Å². The van der Waals surface area contributed by atoms with Gasteiger partial charge in [0.05, 0.1) is 17.8 Å². The summed E-state index contributed by atoms with van der Waals surface area (Å²) < 4.78 is 44.0. The number of aliphatic hydroxyl groups is 1. The number of ether oxygens (including phenoxy) is 2. The number of hydrogen-bond acceptors (Lipinski definition) is 6. The number of fused-ring (bicyclic) bond motifs is 2. The summed E-state index contributed by atoms with van der Waals surface area (Å²) in [4.78, 5) is 8.39. The fourth-order valence-electron chi connectivity index (χ4n) is 5.12. The minimum absolute atomic E-state index is 0.0300. The van der Waals surface area contributed by atoms with Crippen LogP contribution in [0.1, 0.15) is 50.6 Å². The van der Waals surface area contributed by atoms with Gasteiger partial charge in [0.25, 0.3) is 0 Å². The van der Waals surface area contributed by atoms with E-state index in [1.54, 1.807) is 23.2 Å².